The lowest BCUT2D eigenvalue weighted by molar-refractivity contribution is 0.484. The van der Waals surface area contributed by atoms with E-state index in [0.29, 0.717) is 5.75 Å². The average Bonchev–Trinajstić information content (AvgIpc) is 2.08. The maximum absolute atomic E-state index is 9.69. The molecule has 0 fully saturated rings. The van der Waals surface area contributed by atoms with Gasteiger partial charge in [-0.3, -0.25) is 0 Å². The summed E-state index contributed by atoms with van der Waals surface area (Å²) < 4.78 is 0. The molecule has 1 nitrogen and oxygen atoms in total. The van der Waals surface area contributed by atoms with Crippen molar-refractivity contribution in [1.82, 2.24) is 0 Å². The Morgan fingerprint density at radius 2 is 1.17 bits per heavy atom. The molecular formula is C7H12B4O. The maximum atomic E-state index is 9.69. The van der Waals surface area contributed by atoms with Crippen LogP contribution in [0.25, 0.3) is 0 Å². The summed E-state index contributed by atoms with van der Waals surface area (Å²) >= 11 is 0. The second-order valence-electron chi connectivity index (χ2n) is 3.47. The molecule has 0 aliphatic carbocycles. The van der Waals surface area contributed by atoms with Crippen LogP contribution in [0, 0.1) is 6.92 Å². The average molecular weight is 155 g/mol. The second kappa shape index (κ2) is 2.96. The van der Waals surface area contributed by atoms with E-state index in [1.54, 1.807) is 0 Å². The van der Waals surface area contributed by atoms with Gasteiger partial charge in [-0.2, -0.15) is 0 Å². The maximum Gasteiger partial charge on any atom is 0.143 e. The molecule has 0 heterocycles. The van der Waals surface area contributed by atoms with Crippen LogP contribution in [0.2, 0.25) is 0 Å². The van der Waals surface area contributed by atoms with Crippen LogP contribution >= 0.6 is 0 Å². The number of hydrogen-bond donors (Lipinski definition) is 1. The number of rotatable bonds is 0. The number of aromatic hydroxyl groups is 1. The smallest absolute Gasteiger partial charge is 0.143 e. The Labute approximate surface area is 77.2 Å². The highest BCUT2D eigenvalue weighted by atomic mass is 16.3. The van der Waals surface area contributed by atoms with E-state index in [-0.39, 0.29) is 0 Å². The number of phenolic OH excluding ortho intramolecular Hbond substituents is 1. The van der Waals surface area contributed by atoms with E-state index in [4.69, 9.17) is 0 Å². The topological polar surface area (TPSA) is 20.2 Å². The third-order valence-corrected chi connectivity index (χ3v) is 2.96. The highest BCUT2D eigenvalue weighted by Gasteiger charge is 2.09. The Morgan fingerprint density at radius 1 is 0.833 bits per heavy atom. The lowest BCUT2D eigenvalue weighted by atomic mass is 9.67. The summed E-state index contributed by atoms with van der Waals surface area (Å²) in [5.74, 6) is 0.454. The zero-order chi connectivity index (χ0) is 9.46. The molecule has 0 unspecified atom stereocenters. The fourth-order valence-electron chi connectivity index (χ4n) is 1.48. The third kappa shape index (κ3) is 1.17. The van der Waals surface area contributed by atoms with E-state index in [0.717, 1.165) is 10.9 Å². The van der Waals surface area contributed by atoms with Crippen LogP contribution in [-0.2, 0) is 0 Å². The molecule has 12 heavy (non-hydrogen) atoms. The van der Waals surface area contributed by atoms with E-state index in [9.17, 15) is 5.11 Å². The molecule has 1 aromatic carbocycles. The molecule has 1 N–H and O–H groups in total. The van der Waals surface area contributed by atoms with E-state index >= 15 is 0 Å². The van der Waals surface area contributed by atoms with Crippen molar-refractivity contribution in [3.8, 4) is 5.75 Å². The largest absolute Gasteiger partial charge is 0.509 e. The molecule has 1 rings (SSSR count). The SMILES string of the molecule is Bc1c(B)c(O)c(B)c(B)c1C. The van der Waals surface area contributed by atoms with E-state index < -0.39 is 0 Å². The lowest BCUT2D eigenvalue weighted by Crippen LogP contribution is -2.42. The molecule has 0 saturated carbocycles. The van der Waals surface area contributed by atoms with Crippen molar-refractivity contribution in [2.45, 2.75) is 6.92 Å². The van der Waals surface area contributed by atoms with E-state index in [1.807, 2.05) is 15.7 Å². The van der Waals surface area contributed by atoms with Crippen LogP contribution < -0.4 is 21.9 Å². The van der Waals surface area contributed by atoms with E-state index in [2.05, 4.69) is 22.6 Å². The summed E-state index contributed by atoms with van der Waals surface area (Å²) in [5.41, 5.74) is 5.72. The van der Waals surface area contributed by atoms with Crippen LogP contribution in [0.3, 0.4) is 0 Å². The van der Waals surface area contributed by atoms with Gasteiger partial charge in [0.1, 0.15) is 37.1 Å². The van der Waals surface area contributed by atoms with Crippen molar-refractivity contribution in [1.29, 1.82) is 0 Å². The van der Waals surface area contributed by atoms with Crippen molar-refractivity contribution in [2.75, 3.05) is 0 Å². The summed E-state index contributed by atoms with van der Waals surface area (Å²) in [7, 11) is 8.03. The summed E-state index contributed by atoms with van der Waals surface area (Å²) in [5, 5.41) is 9.69. The Hall–Kier alpha value is -0.720. The first-order valence-electron chi connectivity index (χ1n) is 4.22. The van der Waals surface area contributed by atoms with Gasteiger partial charge in [0.05, 0.1) is 0 Å². The molecule has 0 aromatic heterocycles. The zero-order valence-electron chi connectivity index (χ0n) is 8.45. The van der Waals surface area contributed by atoms with Crippen LogP contribution in [0.1, 0.15) is 5.56 Å². The minimum absolute atomic E-state index is 0.454. The Morgan fingerprint density at radius 3 is 1.50 bits per heavy atom. The van der Waals surface area contributed by atoms with Crippen LogP contribution in [0.15, 0.2) is 0 Å². The van der Waals surface area contributed by atoms with Gasteiger partial charge in [0.15, 0.2) is 0 Å². The van der Waals surface area contributed by atoms with Gasteiger partial charge in [-0.25, -0.2) is 0 Å². The Balaban J connectivity index is 3.60. The summed E-state index contributed by atoms with van der Waals surface area (Å²) in [4.78, 5) is 0. The normalized spacial score (nSPS) is 10.1. The van der Waals surface area contributed by atoms with Gasteiger partial charge in [0.2, 0.25) is 0 Å². The van der Waals surface area contributed by atoms with Gasteiger partial charge >= 0.3 is 0 Å². The van der Waals surface area contributed by atoms with Crippen molar-refractivity contribution in [3.63, 3.8) is 0 Å². The van der Waals surface area contributed by atoms with Gasteiger partial charge in [0, 0.05) is 0 Å². The first-order valence-corrected chi connectivity index (χ1v) is 4.22. The molecule has 0 atom stereocenters. The predicted molar refractivity (Wildman–Crippen MR) is 65.6 cm³/mol. The van der Waals surface area contributed by atoms with Gasteiger partial charge in [-0.1, -0.05) is 27.4 Å². The molecule has 58 valence electrons. The fourth-order valence-corrected chi connectivity index (χ4v) is 1.48. The highest BCUT2D eigenvalue weighted by molar-refractivity contribution is 6.58. The molecule has 0 radical (unpaired) electrons. The van der Waals surface area contributed by atoms with Crippen LogP contribution in [0.5, 0.6) is 5.75 Å². The van der Waals surface area contributed by atoms with Crippen molar-refractivity contribution in [3.05, 3.63) is 5.56 Å². The van der Waals surface area contributed by atoms with Gasteiger partial charge in [-0.15, -0.1) is 0 Å². The second-order valence-corrected chi connectivity index (χ2v) is 3.47. The fraction of sp³-hybridized carbons (Fsp3) is 0.143. The minimum atomic E-state index is 0.454. The predicted octanol–water partition coefficient (Wildman–Crippen LogP) is -5.27. The number of hydrogen-bond acceptors (Lipinski definition) is 1. The van der Waals surface area contributed by atoms with Crippen LogP contribution in [-0.4, -0.2) is 36.5 Å². The highest BCUT2D eigenvalue weighted by Crippen LogP contribution is 1.95. The summed E-state index contributed by atoms with van der Waals surface area (Å²) in [6.07, 6.45) is 0. The van der Waals surface area contributed by atoms with Crippen molar-refractivity contribution in [2.24, 2.45) is 0 Å². The molecule has 1 aromatic rings. The molecular weight excluding hydrogens is 143 g/mol. The van der Waals surface area contributed by atoms with Crippen LogP contribution in [0.4, 0.5) is 0 Å². The van der Waals surface area contributed by atoms with E-state index in [1.165, 1.54) is 16.5 Å². The monoisotopic (exact) mass is 156 g/mol. The minimum Gasteiger partial charge on any atom is -0.509 e. The quantitative estimate of drug-likeness (QED) is 0.371. The molecule has 0 aliphatic heterocycles. The molecule has 5 heteroatoms. The lowest BCUT2D eigenvalue weighted by Gasteiger charge is -2.15. The summed E-state index contributed by atoms with van der Waals surface area (Å²) in [6.45, 7) is 2.10. The molecule has 0 spiro atoms. The molecule has 0 bridgehead atoms. The Kier molecular flexibility index (Phi) is 2.31. The van der Waals surface area contributed by atoms with Crippen molar-refractivity contribution >= 4 is 53.2 Å². The number of benzene rings is 1. The zero-order valence-corrected chi connectivity index (χ0v) is 8.45. The van der Waals surface area contributed by atoms with Gasteiger partial charge in [-0.05, 0) is 6.92 Å². The molecule has 0 amide bonds. The third-order valence-electron chi connectivity index (χ3n) is 2.96. The molecule has 0 saturated heterocycles. The molecule has 0 aliphatic rings. The van der Waals surface area contributed by atoms with Gasteiger partial charge in [0.25, 0.3) is 0 Å². The Bertz CT molecular complexity index is 230. The first kappa shape index (κ1) is 9.37. The number of phenols is 1. The van der Waals surface area contributed by atoms with Gasteiger partial charge < -0.3 is 5.11 Å². The summed E-state index contributed by atoms with van der Waals surface area (Å²) in [6, 6.07) is 0. The van der Waals surface area contributed by atoms with Crippen molar-refractivity contribution < 1.29 is 5.11 Å². The first-order chi connectivity index (χ1) is 5.46. The standard InChI is InChI=1S/C7H12B4O/c1-2-3(8)5(10)7(12)6(11)4(2)9/h12H,8-11H2,1H3.